The lowest BCUT2D eigenvalue weighted by Crippen LogP contribution is -2.33. The molecule has 9 heteroatoms. The van der Waals surface area contributed by atoms with E-state index >= 15 is 0 Å². The van der Waals surface area contributed by atoms with Crippen LogP contribution >= 0.6 is 23.8 Å². The van der Waals surface area contributed by atoms with Gasteiger partial charge < -0.3 is 20.1 Å². The standard InChI is InChI=1S/C26H23ClN6OS/c27-18-11-12-22(29-17-18)32-15-6-10-21(32)25-24(20-9-4-5-14-28-20)31-26(35)33(25)16-13-23(34)30-19-7-2-1-3-8-19/h1-12,14-15,17,24-25H,13,16H2,(H,30,34)(H,31,35)/t24-,25+/m0/s1. The summed E-state index contributed by atoms with van der Waals surface area (Å²) in [5.74, 6) is 0.669. The highest BCUT2D eigenvalue weighted by molar-refractivity contribution is 7.80. The van der Waals surface area contributed by atoms with E-state index in [1.807, 2.05) is 83.6 Å². The molecule has 0 saturated carbocycles. The van der Waals surface area contributed by atoms with Crippen LogP contribution in [0.2, 0.25) is 5.02 Å². The molecule has 0 aliphatic carbocycles. The molecule has 5 rings (SSSR count). The monoisotopic (exact) mass is 502 g/mol. The molecule has 4 aromatic rings. The topological polar surface area (TPSA) is 75.1 Å². The number of nitrogens with one attached hydrogen (secondary N) is 2. The van der Waals surface area contributed by atoms with Crippen LogP contribution < -0.4 is 10.6 Å². The van der Waals surface area contributed by atoms with Crippen LogP contribution in [0.25, 0.3) is 5.82 Å². The van der Waals surface area contributed by atoms with Gasteiger partial charge in [0.1, 0.15) is 5.82 Å². The SMILES string of the molecule is O=C(CCN1C(=S)N[C@@H](c2ccccn2)[C@H]1c1cccn1-c1ccc(Cl)cn1)Nc1ccccc1. The fourth-order valence-corrected chi connectivity index (χ4v) is 4.73. The first-order valence-corrected chi connectivity index (χ1v) is 12.0. The van der Waals surface area contributed by atoms with Gasteiger partial charge >= 0.3 is 0 Å². The summed E-state index contributed by atoms with van der Waals surface area (Å²) in [6.45, 7) is 0.442. The maximum atomic E-state index is 12.7. The van der Waals surface area contributed by atoms with Crippen LogP contribution in [-0.2, 0) is 4.79 Å². The fraction of sp³-hybridized carbons (Fsp3) is 0.154. The lowest BCUT2D eigenvalue weighted by molar-refractivity contribution is -0.116. The van der Waals surface area contributed by atoms with E-state index in [0.717, 1.165) is 22.9 Å². The van der Waals surface area contributed by atoms with Crippen molar-refractivity contribution >= 4 is 40.5 Å². The number of halogens is 1. The highest BCUT2D eigenvalue weighted by atomic mass is 35.5. The lowest BCUT2D eigenvalue weighted by Gasteiger charge is -2.28. The van der Waals surface area contributed by atoms with Gasteiger partial charge in [-0.1, -0.05) is 35.9 Å². The molecule has 0 unspecified atom stereocenters. The molecule has 176 valence electrons. The third kappa shape index (κ3) is 5.03. The molecule has 1 fully saturated rings. The third-order valence-electron chi connectivity index (χ3n) is 5.88. The zero-order chi connectivity index (χ0) is 24.2. The number of hydrogen-bond donors (Lipinski definition) is 2. The Bertz CT molecular complexity index is 1310. The minimum atomic E-state index is -0.200. The zero-order valence-corrected chi connectivity index (χ0v) is 20.3. The van der Waals surface area contributed by atoms with Gasteiger partial charge in [-0.15, -0.1) is 0 Å². The maximum absolute atomic E-state index is 12.7. The van der Waals surface area contributed by atoms with Crippen LogP contribution in [0.4, 0.5) is 5.69 Å². The molecule has 35 heavy (non-hydrogen) atoms. The molecule has 0 radical (unpaired) electrons. The largest absolute Gasteiger partial charge is 0.352 e. The molecule has 1 aromatic carbocycles. The molecule has 2 N–H and O–H groups in total. The fourth-order valence-electron chi connectivity index (χ4n) is 4.29. The van der Waals surface area contributed by atoms with Crippen molar-refractivity contribution in [3.63, 3.8) is 0 Å². The second-order valence-corrected chi connectivity index (χ2v) is 8.95. The van der Waals surface area contributed by atoms with Crippen molar-refractivity contribution in [2.75, 3.05) is 11.9 Å². The molecule has 0 bridgehead atoms. The van der Waals surface area contributed by atoms with Crippen LogP contribution in [0.3, 0.4) is 0 Å². The number of pyridine rings is 2. The number of carbonyl (C=O) groups is 1. The van der Waals surface area contributed by atoms with Crippen LogP contribution in [0.5, 0.6) is 0 Å². The van der Waals surface area contributed by atoms with E-state index < -0.39 is 0 Å². The number of nitrogens with zero attached hydrogens (tertiary/aromatic N) is 4. The van der Waals surface area contributed by atoms with Gasteiger partial charge in [-0.2, -0.15) is 0 Å². The predicted molar refractivity (Wildman–Crippen MR) is 140 cm³/mol. The Balaban J connectivity index is 1.45. The Kier molecular flexibility index (Phi) is 6.74. The summed E-state index contributed by atoms with van der Waals surface area (Å²) in [6, 6.07) is 22.6. The van der Waals surface area contributed by atoms with Crippen molar-refractivity contribution in [1.29, 1.82) is 0 Å². The Morgan fingerprint density at radius 2 is 1.86 bits per heavy atom. The second-order valence-electron chi connectivity index (χ2n) is 8.12. The summed E-state index contributed by atoms with van der Waals surface area (Å²) < 4.78 is 2.02. The van der Waals surface area contributed by atoms with E-state index in [2.05, 4.69) is 25.5 Å². The normalized spacial score (nSPS) is 17.3. The van der Waals surface area contributed by atoms with Crippen molar-refractivity contribution < 1.29 is 4.79 Å². The van der Waals surface area contributed by atoms with Crippen LogP contribution in [0, 0.1) is 0 Å². The summed E-state index contributed by atoms with van der Waals surface area (Å²) >= 11 is 11.8. The third-order valence-corrected chi connectivity index (χ3v) is 6.45. The average Bonchev–Trinajstić information content (AvgIpc) is 3.48. The first-order valence-electron chi connectivity index (χ1n) is 11.2. The average molecular weight is 503 g/mol. The summed E-state index contributed by atoms with van der Waals surface area (Å²) in [5.41, 5.74) is 2.62. The first kappa shape index (κ1) is 23.0. The molecule has 2 atom stereocenters. The highest BCUT2D eigenvalue weighted by Crippen LogP contribution is 2.39. The Hall–Kier alpha value is -3.75. The van der Waals surface area contributed by atoms with Crippen molar-refractivity contribution in [2.45, 2.75) is 18.5 Å². The Labute approximate surface area is 213 Å². The second kappa shape index (κ2) is 10.2. The van der Waals surface area contributed by atoms with Gasteiger partial charge in [0.2, 0.25) is 5.91 Å². The quantitative estimate of drug-likeness (QED) is 0.349. The number of anilines is 1. The number of hydrogen-bond acceptors (Lipinski definition) is 4. The molecule has 7 nitrogen and oxygen atoms in total. The van der Waals surface area contributed by atoms with Gasteiger partial charge in [0.25, 0.3) is 0 Å². The summed E-state index contributed by atoms with van der Waals surface area (Å²) in [5, 5.41) is 7.53. The van der Waals surface area contributed by atoms with Gasteiger partial charge in [-0.25, -0.2) is 4.98 Å². The van der Waals surface area contributed by atoms with Crippen LogP contribution in [0.1, 0.15) is 29.9 Å². The van der Waals surface area contributed by atoms with E-state index in [0.29, 0.717) is 16.7 Å². The molecule has 1 aliphatic heterocycles. The summed E-state index contributed by atoms with van der Waals surface area (Å²) in [7, 11) is 0. The number of benzene rings is 1. The number of thiocarbonyl (C=S) groups is 1. The van der Waals surface area contributed by atoms with E-state index in [9.17, 15) is 4.79 Å². The zero-order valence-electron chi connectivity index (χ0n) is 18.7. The Morgan fingerprint density at radius 1 is 1.03 bits per heavy atom. The molecular weight excluding hydrogens is 480 g/mol. The summed E-state index contributed by atoms with van der Waals surface area (Å²) in [6.07, 6.45) is 5.64. The highest BCUT2D eigenvalue weighted by Gasteiger charge is 2.41. The predicted octanol–water partition coefficient (Wildman–Crippen LogP) is 4.92. The number of carbonyl (C=O) groups excluding carboxylic acids is 1. The number of para-hydroxylation sites is 1. The van der Waals surface area contributed by atoms with Crippen LogP contribution in [0.15, 0.2) is 91.4 Å². The van der Waals surface area contributed by atoms with Crippen molar-refractivity contribution in [1.82, 2.24) is 24.8 Å². The van der Waals surface area contributed by atoms with Crippen molar-refractivity contribution in [2.24, 2.45) is 0 Å². The van der Waals surface area contributed by atoms with Gasteiger partial charge in [0.05, 0.1) is 22.8 Å². The number of amides is 1. The maximum Gasteiger partial charge on any atom is 0.226 e. The lowest BCUT2D eigenvalue weighted by atomic mass is 10.0. The van der Waals surface area contributed by atoms with E-state index in [1.54, 1.807) is 12.4 Å². The number of rotatable bonds is 7. The van der Waals surface area contributed by atoms with Gasteiger partial charge in [0, 0.05) is 42.9 Å². The van der Waals surface area contributed by atoms with Gasteiger partial charge in [-0.05, 0) is 60.7 Å². The van der Waals surface area contributed by atoms with Crippen LogP contribution in [-0.4, -0.2) is 37.0 Å². The Morgan fingerprint density at radius 3 is 2.60 bits per heavy atom. The number of aromatic nitrogens is 3. The first-order chi connectivity index (χ1) is 17.1. The van der Waals surface area contributed by atoms with E-state index in [1.165, 1.54) is 0 Å². The molecule has 1 aliphatic rings. The van der Waals surface area contributed by atoms with Gasteiger partial charge in [-0.3, -0.25) is 9.78 Å². The summed E-state index contributed by atoms with van der Waals surface area (Å²) in [4.78, 5) is 23.8. The minimum absolute atomic E-state index is 0.0752. The van der Waals surface area contributed by atoms with E-state index in [-0.39, 0.29) is 24.4 Å². The van der Waals surface area contributed by atoms with Gasteiger partial charge in [0.15, 0.2) is 5.11 Å². The molecule has 1 saturated heterocycles. The van der Waals surface area contributed by atoms with Crippen molar-refractivity contribution in [3.8, 4) is 5.82 Å². The molecule has 1 amide bonds. The molecule has 3 aromatic heterocycles. The smallest absolute Gasteiger partial charge is 0.226 e. The molecular formula is C26H23ClN6OS. The molecule has 4 heterocycles. The van der Waals surface area contributed by atoms with Crippen molar-refractivity contribution in [3.05, 3.63) is 108 Å². The molecule has 0 spiro atoms. The minimum Gasteiger partial charge on any atom is -0.352 e. The van der Waals surface area contributed by atoms with E-state index in [4.69, 9.17) is 23.8 Å².